The van der Waals surface area contributed by atoms with Gasteiger partial charge in [-0.25, -0.2) is 4.79 Å². The zero-order valence-corrected chi connectivity index (χ0v) is 17.4. The highest BCUT2D eigenvalue weighted by Gasteiger charge is 2.62. The van der Waals surface area contributed by atoms with Crippen LogP contribution in [0.5, 0.6) is 0 Å². The molecule has 3 rings (SSSR count). The first-order chi connectivity index (χ1) is 14.4. The minimum absolute atomic E-state index is 0.110. The molecule has 2 heterocycles. The van der Waals surface area contributed by atoms with E-state index in [-0.39, 0.29) is 31.4 Å². The van der Waals surface area contributed by atoms with Gasteiger partial charge in [0.25, 0.3) is 6.47 Å². The average Bonchev–Trinajstić information content (AvgIpc) is 3.24. The molecule has 0 aromatic heterocycles. The van der Waals surface area contributed by atoms with Gasteiger partial charge in [0.15, 0.2) is 0 Å². The third-order valence-corrected chi connectivity index (χ3v) is 6.17. The first kappa shape index (κ1) is 22.3. The molecule has 9 heteroatoms. The summed E-state index contributed by atoms with van der Waals surface area (Å²) in [5.74, 6) is -1.39. The molecule has 1 saturated heterocycles. The van der Waals surface area contributed by atoms with E-state index in [2.05, 4.69) is 5.32 Å². The van der Waals surface area contributed by atoms with Crippen molar-refractivity contribution >= 4 is 24.3 Å². The van der Waals surface area contributed by atoms with Gasteiger partial charge in [0.2, 0.25) is 11.8 Å². The fourth-order valence-electron chi connectivity index (χ4n) is 4.38. The van der Waals surface area contributed by atoms with Gasteiger partial charge in [0.1, 0.15) is 17.7 Å². The molecule has 166 valence electrons. The Morgan fingerprint density at radius 3 is 2.90 bits per heavy atom. The number of carbonyl (C=O) groups excluding carboxylic acids is 4. The number of ether oxygens (including phenoxy) is 2. The van der Waals surface area contributed by atoms with Gasteiger partial charge in [-0.1, -0.05) is 25.0 Å². The smallest absolute Gasteiger partial charge is 0.332 e. The molecule has 0 unspecified atom stereocenters. The molecule has 1 aliphatic carbocycles. The standard InChI is InChI=1S/C21H31N3O6/c1-2-29-20(28)21-11-14(21)8-6-4-3-5-7-9-16(22)19(27)24-12-15(30-13-25)10-17(24)18(26)23-21/h6,8,13-17H,2-5,7,9-12,22H2,1H3,(H,23,26)/b8-6-/t14-,15-,16+,17+,21-/m1/s1. The Morgan fingerprint density at radius 1 is 1.37 bits per heavy atom. The Morgan fingerprint density at radius 2 is 2.17 bits per heavy atom. The van der Waals surface area contributed by atoms with Gasteiger partial charge in [0, 0.05) is 12.3 Å². The number of rotatable bonds is 4. The summed E-state index contributed by atoms with van der Waals surface area (Å²) < 4.78 is 10.2. The predicted molar refractivity (Wildman–Crippen MR) is 107 cm³/mol. The van der Waals surface area contributed by atoms with Gasteiger partial charge < -0.3 is 25.4 Å². The monoisotopic (exact) mass is 421 g/mol. The summed E-state index contributed by atoms with van der Waals surface area (Å²) in [4.78, 5) is 50.9. The highest BCUT2D eigenvalue weighted by molar-refractivity contribution is 5.96. The number of fused-ring (bicyclic) bond motifs is 2. The Balaban J connectivity index is 1.85. The number of carbonyl (C=O) groups is 4. The molecule has 30 heavy (non-hydrogen) atoms. The van der Waals surface area contributed by atoms with Crippen molar-refractivity contribution < 1.29 is 28.7 Å². The lowest BCUT2D eigenvalue weighted by atomic mass is 10.1. The summed E-state index contributed by atoms with van der Waals surface area (Å²) >= 11 is 0. The number of hydrogen-bond acceptors (Lipinski definition) is 7. The second kappa shape index (κ2) is 9.59. The van der Waals surface area contributed by atoms with Gasteiger partial charge in [-0.05, 0) is 32.6 Å². The number of nitrogens with two attached hydrogens (primary N) is 1. The molecule has 2 fully saturated rings. The first-order valence-corrected chi connectivity index (χ1v) is 10.7. The number of hydrogen-bond donors (Lipinski definition) is 2. The maximum absolute atomic E-state index is 13.2. The largest absolute Gasteiger partial charge is 0.464 e. The normalized spacial score (nSPS) is 35.7. The van der Waals surface area contributed by atoms with E-state index >= 15 is 0 Å². The predicted octanol–water partition coefficient (Wildman–Crippen LogP) is 0.415. The third-order valence-electron chi connectivity index (χ3n) is 6.17. The molecule has 5 atom stereocenters. The van der Waals surface area contributed by atoms with Crippen molar-refractivity contribution in [3.63, 3.8) is 0 Å². The molecule has 1 saturated carbocycles. The van der Waals surface area contributed by atoms with Crippen LogP contribution < -0.4 is 11.1 Å². The molecule has 0 spiro atoms. The van der Waals surface area contributed by atoms with Crippen molar-refractivity contribution in [3.05, 3.63) is 12.2 Å². The van der Waals surface area contributed by atoms with E-state index < -0.39 is 35.6 Å². The quantitative estimate of drug-likeness (QED) is 0.382. The molecule has 0 radical (unpaired) electrons. The number of amides is 2. The highest BCUT2D eigenvalue weighted by Crippen LogP contribution is 2.46. The summed E-state index contributed by atoms with van der Waals surface area (Å²) in [6, 6.07) is -1.57. The first-order valence-electron chi connectivity index (χ1n) is 10.7. The van der Waals surface area contributed by atoms with Crippen molar-refractivity contribution in [1.29, 1.82) is 0 Å². The fourth-order valence-corrected chi connectivity index (χ4v) is 4.38. The van der Waals surface area contributed by atoms with Gasteiger partial charge in [-0.15, -0.1) is 0 Å². The maximum atomic E-state index is 13.2. The summed E-state index contributed by atoms with van der Waals surface area (Å²) in [6.45, 7) is 2.36. The molecule has 3 N–H and O–H groups in total. The lowest BCUT2D eigenvalue weighted by Crippen LogP contribution is -2.55. The Hall–Kier alpha value is -2.42. The summed E-state index contributed by atoms with van der Waals surface area (Å²) in [6.07, 6.45) is 8.17. The molecular formula is C21H31N3O6. The topological polar surface area (TPSA) is 128 Å². The maximum Gasteiger partial charge on any atom is 0.332 e. The molecule has 0 bridgehead atoms. The van der Waals surface area contributed by atoms with Gasteiger partial charge in [-0.2, -0.15) is 0 Å². The Labute approximate surface area is 176 Å². The molecule has 0 aromatic rings. The van der Waals surface area contributed by atoms with Crippen LogP contribution in [0.25, 0.3) is 0 Å². The fraction of sp³-hybridized carbons (Fsp3) is 0.714. The van der Waals surface area contributed by atoms with E-state index in [0.29, 0.717) is 19.3 Å². The van der Waals surface area contributed by atoms with Crippen LogP contribution in [0.2, 0.25) is 0 Å². The summed E-state index contributed by atoms with van der Waals surface area (Å²) in [5.41, 5.74) is 5.00. The highest BCUT2D eigenvalue weighted by atomic mass is 16.5. The lowest BCUT2D eigenvalue weighted by molar-refractivity contribution is -0.150. The minimum Gasteiger partial charge on any atom is -0.464 e. The van der Waals surface area contributed by atoms with Crippen LogP contribution in [0.3, 0.4) is 0 Å². The van der Waals surface area contributed by atoms with Crippen LogP contribution in [0, 0.1) is 5.92 Å². The van der Waals surface area contributed by atoms with E-state index in [1.165, 1.54) is 4.90 Å². The van der Waals surface area contributed by atoms with Gasteiger partial charge in [-0.3, -0.25) is 14.4 Å². The number of allylic oxidation sites excluding steroid dienone is 1. The van der Waals surface area contributed by atoms with Crippen LogP contribution in [0.4, 0.5) is 0 Å². The Kier molecular flexibility index (Phi) is 7.12. The van der Waals surface area contributed by atoms with Crippen LogP contribution in [-0.2, 0) is 28.7 Å². The van der Waals surface area contributed by atoms with E-state index in [4.69, 9.17) is 15.2 Å². The average molecular weight is 421 g/mol. The zero-order chi connectivity index (χ0) is 21.7. The zero-order valence-electron chi connectivity index (χ0n) is 17.4. The molecule has 9 nitrogen and oxygen atoms in total. The lowest BCUT2D eigenvalue weighted by Gasteiger charge is -2.28. The van der Waals surface area contributed by atoms with Crippen molar-refractivity contribution in [2.75, 3.05) is 13.2 Å². The van der Waals surface area contributed by atoms with E-state index in [0.717, 1.165) is 25.7 Å². The van der Waals surface area contributed by atoms with Crippen LogP contribution in [0.15, 0.2) is 12.2 Å². The number of nitrogens with one attached hydrogen (secondary N) is 1. The Bertz CT molecular complexity index is 711. The summed E-state index contributed by atoms with van der Waals surface area (Å²) in [7, 11) is 0. The second-order valence-electron chi connectivity index (χ2n) is 8.26. The van der Waals surface area contributed by atoms with Crippen molar-refractivity contribution in [2.24, 2.45) is 11.7 Å². The van der Waals surface area contributed by atoms with Crippen molar-refractivity contribution in [2.45, 2.75) is 75.6 Å². The minimum atomic E-state index is -1.11. The summed E-state index contributed by atoms with van der Waals surface area (Å²) in [5, 5.41) is 2.85. The third kappa shape index (κ3) is 4.66. The molecular weight excluding hydrogens is 390 g/mol. The number of nitrogens with zero attached hydrogens (tertiary/aromatic N) is 1. The van der Waals surface area contributed by atoms with Crippen LogP contribution in [-0.4, -0.2) is 66.0 Å². The molecule has 2 aliphatic heterocycles. The van der Waals surface area contributed by atoms with Gasteiger partial charge in [0.05, 0.1) is 19.2 Å². The number of esters is 1. The SMILES string of the molecule is CCOC(=O)[C@@]12C[C@H]1/C=C\CCCCC[C@H](N)C(=O)N1C[C@H](OC=O)C[C@H]1C(=O)N2. The van der Waals surface area contributed by atoms with Crippen molar-refractivity contribution in [3.8, 4) is 0 Å². The molecule has 2 amide bonds. The van der Waals surface area contributed by atoms with E-state index in [9.17, 15) is 19.2 Å². The van der Waals surface area contributed by atoms with E-state index in [1.54, 1.807) is 6.92 Å². The van der Waals surface area contributed by atoms with E-state index in [1.807, 2.05) is 12.2 Å². The second-order valence-corrected chi connectivity index (χ2v) is 8.26. The molecule has 0 aromatic carbocycles. The van der Waals surface area contributed by atoms with Crippen LogP contribution in [0.1, 0.15) is 51.9 Å². The molecule has 3 aliphatic rings. The van der Waals surface area contributed by atoms with Gasteiger partial charge >= 0.3 is 5.97 Å². The van der Waals surface area contributed by atoms with Crippen LogP contribution >= 0.6 is 0 Å². The van der Waals surface area contributed by atoms with Crippen molar-refractivity contribution in [1.82, 2.24) is 10.2 Å².